The van der Waals surface area contributed by atoms with Gasteiger partial charge >= 0.3 is 5.97 Å². The van der Waals surface area contributed by atoms with Crippen LogP contribution in [0, 0.1) is 0 Å². The number of halogens is 1. The van der Waals surface area contributed by atoms with Crippen LogP contribution < -0.4 is 4.72 Å². The van der Waals surface area contributed by atoms with Crippen LogP contribution in [0.4, 0.5) is 0 Å². The van der Waals surface area contributed by atoms with E-state index in [1.807, 2.05) is 0 Å². The largest absolute Gasteiger partial charge is 0.465 e. The fourth-order valence-corrected chi connectivity index (χ4v) is 4.42. The van der Waals surface area contributed by atoms with Crippen molar-refractivity contribution in [2.24, 2.45) is 0 Å². The number of carbonyl (C=O) groups excluding carboxylic acids is 1. The average Bonchev–Trinajstić information content (AvgIpc) is 2.55. The molecule has 1 aliphatic heterocycles. The second kappa shape index (κ2) is 8.29. The molecule has 0 saturated carbocycles. The minimum absolute atomic E-state index is 0.00302. The second-order valence-corrected chi connectivity index (χ2v) is 8.06. The molecular weight excluding hydrogens is 352 g/mol. The summed E-state index contributed by atoms with van der Waals surface area (Å²) in [5, 5.41) is -0.00302. The number of nitrogens with one attached hydrogen (secondary N) is 1. The Kier molecular flexibility index (Phi) is 6.62. The molecule has 0 radical (unpaired) electrons. The van der Waals surface area contributed by atoms with Gasteiger partial charge < -0.3 is 4.74 Å². The molecule has 0 aromatic heterocycles. The number of hydrogen-bond donors (Lipinski definition) is 1. The Hall–Kier alpha value is -1.15. The van der Waals surface area contributed by atoms with Crippen molar-refractivity contribution in [1.29, 1.82) is 0 Å². The van der Waals surface area contributed by atoms with Crippen molar-refractivity contribution < 1.29 is 17.9 Å². The first-order valence-corrected chi connectivity index (χ1v) is 9.83. The van der Waals surface area contributed by atoms with Gasteiger partial charge in [0, 0.05) is 19.1 Å². The van der Waals surface area contributed by atoms with Gasteiger partial charge in [-0.05, 0) is 44.5 Å². The highest BCUT2D eigenvalue weighted by molar-refractivity contribution is 7.89. The molecule has 1 heterocycles. The lowest BCUT2D eigenvalue weighted by Crippen LogP contribution is -2.42. The Labute approximate surface area is 148 Å². The van der Waals surface area contributed by atoms with Crippen molar-refractivity contribution in [2.75, 3.05) is 26.7 Å². The molecule has 134 valence electrons. The van der Waals surface area contributed by atoms with Crippen molar-refractivity contribution in [3.05, 3.63) is 28.8 Å². The number of methoxy groups -OCH3 is 1. The molecule has 2 rings (SSSR count). The first kappa shape index (κ1) is 19.2. The lowest BCUT2D eigenvalue weighted by Gasteiger charge is -2.33. The number of benzene rings is 1. The summed E-state index contributed by atoms with van der Waals surface area (Å²) >= 11 is 6.03. The van der Waals surface area contributed by atoms with Crippen molar-refractivity contribution in [1.82, 2.24) is 9.62 Å². The summed E-state index contributed by atoms with van der Waals surface area (Å²) in [5.74, 6) is -0.562. The van der Waals surface area contributed by atoms with E-state index in [0.29, 0.717) is 19.1 Å². The maximum absolute atomic E-state index is 12.4. The van der Waals surface area contributed by atoms with Crippen LogP contribution in [0.2, 0.25) is 5.02 Å². The average molecular weight is 375 g/mol. The van der Waals surface area contributed by atoms with Gasteiger partial charge in [0.25, 0.3) is 0 Å². The predicted octanol–water partition coefficient (Wildman–Crippen LogP) is 2.28. The Bertz CT molecular complexity index is 693. The highest BCUT2D eigenvalue weighted by Gasteiger charge is 2.21. The summed E-state index contributed by atoms with van der Waals surface area (Å²) in [6.07, 6.45) is 3.52. The molecule has 0 amide bonds. The molecule has 24 heavy (non-hydrogen) atoms. The van der Waals surface area contributed by atoms with Gasteiger partial charge in [-0.15, -0.1) is 0 Å². The van der Waals surface area contributed by atoms with Crippen molar-refractivity contribution in [3.63, 3.8) is 0 Å². The first-order chi connectivity index (χ1) is 11.3. The van der Waals surface area contributed by atoms with Crippen LogP contribution in [0.25, 0.3) is 0 Å². The number of rotatable bonds is 6. The number of esters is 1. The van der Waals surface area contributed by atoms with E-state index in [2.05, 4.69) is 21.3 Å². The third-order valence-corrected chi connectivity index (χ3v) is 6.22. The highest BCUT2D eigenvalue weighted by Crippen LogP contribution is 2.23. The van der Waals surface area contributed by atoms with E-state index in [9.17, 15) is 13.2 Å². The zero-order valence-electron chi connectivity index (χ0n) is 13.9. The first-order valence-electron chi connectivity index (χ1n) is 7.96. The van der Waals surface area contributed by atoms with Gasteiger partial charge in [-0.25, -0.2) is 17.9 Å². The fraction of sp³-hybridized carbons (Fsp3) is 0.562. The molecule has 1 atom stereocenters. The van der Waals surface area contributed by atoms with Crippen LogP contribution in [0.3, 0.4) is 0 Å². The molecule has 6 nitrogen and oxygen atoms in total. The van der Waals surface area contributed by atoms with Crippen LogP contribution in [-0.4, -0.2) is 52.1 Å². The molecular formula is C16H23ClN2O4S. The van der Waals surface area contributed by atoms with Gasteiger partial charge in [-0.2, -0.15) is 0 Å². The number of ether oxygens (including phenoxy) is 1. The molecule has 1 aliphatic rings. The van der Waals surface area contributed by atoms with Crippen LogP contribution in [0.1, 0.15) is 36.5 Å². The molecule has 1 fully saturated rings. The lowest BCUT2D eigenvalue weighted by atomic mass is 10.0. The van der Waals surface area contributed by atoms with E-state index in [1.165, 1.54) is 31.7 Å². The van der Waals surface area contributed by atoms with Crippen LogP contribution in [0.5, 0.6) is 0 Å². The van der Waals surface area contributed by atoms with Gasteiger partial charge in [0.15, 0.2) is 0 Å². The summed E-state index contributed by atoms with van der Waals surface area (Å²) in [6, 6.07) is 4.49. The zero-order valence-corrected chi connectivity index (χ0v) is 15.5. The molecule has 8 heteroatoms. The van der Waals surface area contributed by atoms with Crippen molar-refractivity contribution in [2.45, 2.75) is 37.1 Å². The Morgan fingerprint density at radius 1 is 1.42 bits per heavy atom. The summed E-state index contributed by atoms with van der Waals surface area (Å²) in [5.41, 5.74) is 0.212. The standard InChI is InChI=1S/C16H23ClN2O4S/c1-12-5-3-4-9-19(12)10-8-18-24(21,22)15-7-6-13(11-14(15)17)16(20)23-2/h6-7,11-12,18H,3-5,8-10H2,1-2H3. The van der Waals surface area contributed by atoms with E-state index >= 15 is 0 Å². The van der Waals surface area contributed by atoms with Crippen LogP contribution in [0.15, 0.2) is 23.1 Å². The quantitative estimate of drug-likeness (QED) is 0.773. The number of piperidine rings is 1. The number of likely N-dealkylation sites (tertiary alicyclic amines) is 1. The third kappa shape index (κ3) is 4.69. The zero-order chi connectivity index (χ0) is 17.7. The topological polar surface area (TPSA) is 75.7 Å². The summed E-state index contributed by atoms with van der Waals surface area (Å²) < 4.78 is 32.0. The normalized spacial score (nSPS) is 19.2. The molecule has 1 aromatic carbocycles. The van der Waals surface area contributed by atoms with Crippen molar-refractivity contribution in [3.8, 4) is 0 Å². The van der Waals surface area contributed by atoms with Crippen LogP contribution in [-0.2, 0) is 14.8 Å². The number of hydrogen-bond acceptors (Lipinski definition) is 5. The van der Waals surface area contributed by atoms with E-state index in [1.54, 1.807) is 0 Å². The van der Waals surface area contributed by atoms with Gasteiger partial charge in [0.05, 0.1) is 17.7 Å². The van der Waals surface area contributed by atoms with Gasteiger partial charge in [-0.1, -0.05) is 18.0 Å². The monoisotopic (exact) mass is 374 g/mol. The van der Waals surface area contributed by atoms with E-state index in [4.69, 9.17) is 11.6 Å². The van der Waals surface area contributed by atoms with Gasteiger partial charge in [0.1, 0.15) is 4.90 Å². The SMILES string of the molecule is COC(=O)c1ccc(S(=O)(=O)NCCN2CCCCC2C)c(Cl)c1. The third-order valence-electron chi connectivity index (χ3n) is 4.27. The smallest absolute Gasteiger partial charge is 0.337 e. The molecule has 0 spiro atoms. The molecule has 1 unspecified atom stereocenters. The van der Waals surface area contributed by atoms with Gasteiger partial charge in [-0.3, -0.25) is 4.90 Å². The summed E-state index contributed by atoms with van der Waals surface area (Å²) in [7, 11) is -2.47. The molecule has 0 bridgehead atoms. The number of carbonyl (C=O) groups is 1. The Morgan fingerprint density at radius 2 is 2.17 bits per heavy atom. The maximum atomic E-state index is 12.4. The van der Waals surface area contributed by atoms with E-state index < -0.39 is 16.0 Å². The molecule has 1 aromatic rings. The minimum Gasteiger partial charge on any atom is -0.465 e. The second-order valence-electron chi connectivity index (χ2n) is 5.92. The molecule has 1 saturated heterocycles. The predicted molar refractivity (Wildman–Crippen MR) is 92.9 cm³/mol. The molecule has 1 N–H and O–H groups in total. The number of nitrogens with zero attached hydrogens (tertiary/aromatic N) is 1. The summed E-state index contributed by atoms with van der Waals surface area (Å²) in [4.78, 5) is 13.7. The lowest BCUT2D eigenvalue weighted by molar-refractivity contribution is 0.0600. The van der Waals surface area contributed by atoms with E-state index in [0.717, 1.165) is 19.4 Å². The Balaban J connectivity index is 2.00. The molecule has 0 aliphatic carbocycles. The van der Waals surface area contributed by atoms with Crippen molar-refractivity contribution >= 4 is 27.6 Å². The Morgan fingerprint density at radius 3 is 2.79 bits per heavy atom. The maximum Gasteiger partial charge on any atom is 0.337 e. The number of sulfonamides is 1. The fourth-order valence-electron chi connectivity index (χ4n) is 2.85. The highest BCUT2D eigenvalue weighted by atomic mass is 35.5. The van der Waals surface area contributed by atoms with Gasteiger partial charge in [0.2, 0.25) is 10.0 Å². The minimum atomic E-state index is -3.72. The summed E-state index contributed by atoms with van der Waals surface area (Å²) in [6.45, 7) is 4.15. The van der Waals surface area contributed by atoms with E-state index in [-0.39, 0.29) is 15.5 Å². The van der Waals surface area contributed by atoms with Crippen LogP contribution >= 0.6 is 11.6 Å².